The minimum absolute atomic E-state index is 0.571. The Balaban J connectivity index is 1.85. The van der Waals surface area contributed by atoms with Crippen molar-refractivity contribution >= 4 is 17.3 Å². The standard InChI is InChI=1S/C14H19ClN2/c15-13-4-5-14(12(6-13)7-16)17-8-10-2-1-3-11(10)9-17/h4-6,10-11H,1-3,7-9,16H2. The number of nitrogens with zero attached hydrogens (tertiary/aromatic N) is 1. The molecule has 3 heteroatoms. The van der Waals surface area contributed by atoms with Gasteiger partial charge in [0.05, 0.1) is 0 Å². The summed E-state index contributed by atoms with van der Waals surface area (Å²) in [5, 5.41) is 0.786. The Kier molecular flexibility index (Phi) is 3.01. The zero-order valence-electron chi connectivity index (χ0n) is 10.0. The van der Waals surface area contributed by atoms with E-state index in [4.69, 9.17) is 17.3 Å². The molecule has 1 aliphatic heterocycles. The lowest BCUT2D eigenvalue weighted by atomic mass is 10.0. The molecule has 2 fully saturated rings. The van der Waals surface area contributed by atoms with Crippen LogP contribution in [0.4, 0.5) is 5.69 Å². The van der Waals surface area contributed by atoms with Crippen LogP contribution in [0.25, 0.3) is 0 Å². The molecule has 1 aromatic rings. The van der Waals surface area contributed by atoms with Crippen LogP contribution in [-0.2, 0) is 6.54 Å². The molecule has 17 heavy (non-hydrogen) atoms. The monoisotopic (exact) mass is 250 g/mol. The minimum atomic E-state index is 0.571. The summed E-state index contributed by atoms with van der Waals surface area (Å²) in [6, 6.07) is 6.11. The number of halogens is 1. The number of rotatable bonds is 2. The van der Waals surface area contributed by atoms with Crippen molar-refractivity contribution in [2.45, 2.75) is 25.8 Å². The average Bonchev–Trinajstić information content (AvgIpc) is 2.89. The first kappa shape index (κ1) is 11.4. The van der Waals surface area contributed by atoms with Gasteiger partial charge >= 0.3 is 0 Å². The van der Waals surface area contributed by atoms with Crippen molar-refractivity contribution in [3.05, 3.63) is 28.8 Å². The van der Waals surface area contributed by atoms with Crippen molar-refractivity contribution in [1.82, 2.24) is 0 Å². The van der Waals surface area contributed by atoms with Crippen LogP contribution in [-0.4, -0.2) is 13.1 Å². The number of hydrogen-bond acceptors (Lipinski definition) is 2. The number of nitrogens with two attached hydrogens (primary N) is 1. The third-order valence-electron chi connectivity index (χ3n) is 4.33. The number of hydrogen-bond donors (Lipinski definition) is 1. The molecule has 2 unspecified atom stereocenters. The molecule has 2 nitrogen and oxygen atoms in total. The third kappa shape index (κ3) is 2.04. The lowest BCUT2D eigenvalue weighted by molar-refractivity contribution is 0.494. The predicted molar refractivity (Wildman–Crippen MR) is 72.4 cm³/mol. The van der Waals surface area contributed by atoms with Crippen LogP contribution in [0.2, 0.25) is 5.02 Å². The van der Waals surface area contributed by atoms with Gasteiger partial charge in [0.25, 0.3) is 0 Å². The molecule has 3 rings (SSSR count). The second-order valence-electron chi connectivity index (χ2n) is 5.33. The molecule has 1 saturated heterocycles. The highest BCUT2D eigenvalue weighted by Gasteiger charge is 2.36. The predicted octanol–water partition coefficient (Wildman–Crippen LogP) is 3.04. The van der Waals surface area contributed by atoms with Gasteiger partial charge in [0.15, 0.2) is 0 Å². The molecule has 2 atom stereocenters. The van der Waals surface area contributed by atoms with Gasteiger partial charge in [-0.05, 0) is 48.4 Å². The van der Waals surface area contributed by atoms with E-state index in [-0.39, 0.29) is 0 Å². The second-order valence-corrected chi connectivity index (χ2v) is 5.77. The zero-order chi connectivity index (χ0) is 11.8. The van der Waals surface area contributed by atoms with Crippen molar-refractivity contribution in [3.63, 3.8) is 0 Å². The smallest absolute Gasteiger partial charge is 0.0412 e. The molecule has 1 saturated carbocycles. The highest BCUT2D eigenvalue weighted by molar-refractivity contribution is 6.30. The Labute approximate surface area is 108 Å². The molecule has 1 heterocycles. The molecular formula is C14H19ClN2. The summed E-state index contributed by atoms with van der Waals surface area (Å²) in [5.41, 5.74) is 8.29. The Morgan fingerprint density at radius 2 is 1.94 bits per heavy atom. The molecule has 1 aliphatic carbocycles. The van der Waals surface area contributed by atoms with E-state index in [1.807, 2.05) is 12.1 Å². The van der Waals surface area contributed by atoms with E-state index < -0.39 is 0 Å². The Bertz CT molecular complexity index is 407. The Morgan fingerprint density at radius 3 is 2.59 bits per heavy atom. The Morgan fingerprint density at radius 1 is 1.24 bits per heavy atom. The van der Waals surface area contributed by atoms with E-state index in [1.165, 1.54) is 43.6 Å². The van der Waals surface area contributed by atoms with E-state index in [2.05, 4.69) is 11.0 Å². The average molecular weight is 251 g/mol. The first-order chi connectivity index (χ1) is 8.28. The highest BCUT2D eigenvalue weighted by atomic mass is 35.5. The lowest BCUT2D eigenvalue weighted by Gasteiger charge is -2.22. The highest BCUT2D eigenvalue weighted by Crippen LogP contribution is 2.40. The fraction of sp³-hybridized carbons (Fsp3) is 0.571. The normalized spacial score (nSPS) is 27.5. The van der Waals surface area contributed by atoms with Crippen molar-refractivity contribution in [2.75, 3.05) is 18.0 Å². The van der Waals surface area contributed by atoms with E-state index in [9.17, 15) is 0 Å². The van der Waals surface area contributed by atoms with Crippen molar-refractivity contribution in [1.29, 1.82) is 0 Å². The molecule has 92 valence electrons. The van der Waals surface area contributed by atoms with Gasteiger partial charge in [0.2, 0.25) is 0 Å². The molecule has 0 aromatic heterocycles. The van der Waals surface area contributed by atoms with Crippen LogP contribution in [0, 0.1) is 11.8 Å². The number of anilines is 1. The number of benzene rings is 1. The van der Waals surface area contributed by atoms with Crippen molar-refractivity contribution in [3.8, 4) is 0 Å². The van der Waals surface area contributed by atoms with Gasteiger partial charge in [-0.15, -0.1) is 0 Å². The maximum atomic E-state index is 6.02. The van der Waals surface area contributed by atoms with Gasteiger partial charge in [-0.1, -0.05) is 18.0 Å². The summed E-state index contributed by atoms with van der Waals surface area (Å²) >= 11 is 6.02. The van der Waals surface area contributed by atoms with Crippen LogP contribution in [0.5, 0.6) is 0 Å². The second kappa shape index (κ2) is 4.51. The molecule has 0 spiro atoms. The summed E-state index contributed by atoms with van der Waals surface area (Å²) < 4.78 is 0. The van der Waals surface area contributed by atoms with Gasteiger partial charge < -0.3 is 10.6 Å². The first-order valence-electron chi connectivity index (χ1n) is 6.51. The molecule has 2 aliphatic rings. The van der Waals surface area contributed by atoms with Crippen LogP contribution in [0.15, 0.2) is 18.2 Å². The minimum Gasteiger partial charge on any atom is -0.371 e. The van der Waals surface area contributed by atoms with Crippen molar-refractivity contribution < 1.29 is 0 Å². The van der Waals surface area contributed by atoms with Gasteiger partial charge in [0, 0.05) is 30.3 Å². The van der Waals surface area contributed by atoms with E-state index in [1.54, 1.807) is 0 Å². The largest absolute Gasteiger partial charge is 0.371 e. The topological polar surface area (TPSA) is 29.3 Å². The van der Waals surface area contributed by atoms with Gasteiger partial charge in [0.1, 0.15) is 0 Å². The summed E-state index contributed by atoms with van der Waals surface area (Å²) in [5.74, 6) is 1.83. The van der Waals surface area contributed by atoms with Crippen LogP contribution in [0.3, 0.4) is 0 Å². The Hall–Kier alpha value is -0.730. The van der Waals surface area contributed by atoms with Gasteiger partial charge in [-0.25, -0.2) is 0 Å². The maximum absolute atomic E-state index is 6.02. The summed E-state index contributed by atoms with van der Waals surface area (Å²) in [6.07, 6.45) is 4.24. The molecular weight excluding hydrogens is 232 g/mol. The molecule has 1 aromatic carbocycles. The lowest BCUT2D eigenvalue weighted by Crippen LogP contribution is -2.22. The molecule has 0 amide bonds. The summed E-state index contributed by atoms with van der Waals surface area (Å²) in [4.78, 5) is 2.51. The van der Waals surface area contributed by atoms with Gasteiger partial charge in [-0.3, -0.25) is 0 Å². The van der Waals surface area contributed by atoms with Crippen molar-refractivity contribution in [2.24, 2.45) is 17.6 Å². The van der Waals surface area contributed by atoms with Crippen LogP contribution >= 0.6 is 11.6 Å². The summed E-state index contributed by atoms with van der Waals surface area (Å²) in [6.45, 7) is 2.99. The maximum Gasteiger partial charge on any atom is 0.0412 e. The molecule has 0 radical (unpaired) electrons. The van der Waals surface area contributed by atoms with E-state index >= 15 is 0 Å². The fourth-order valence-corrected chi connectivity index (χ4v) is 3.65. The molecule has 0 bridgehead atoms. The molecule has 2 N–H and O–H groups in total. The fourth-order valence-electron chi connectivity index (χ4n) is 3.46. The quantitative estimate of drug-likeness (QED) is 0.874. The SMILES string of the molecule is NCc1cc(Cl)ccc1N1CC2CCCC2C1. The van der Waals surface area contributed by atoms with Crippen LogP contribution in [0.1, 0.15) is 24.8 Å². The van der Waals surface area contributed by atoms with E-state index in [0.717, 1.165) is 16.9 Å². The number of fused-ring (bicyclic) bond motifs is 1. The van der Waals surface area contributed by atoms with Gasteiger partial charge in [-0.2, -0.15) is 0 Å². The zero-order valence-corrected chi connectivity index (χ0v) is 10.8. The third-order valence-corrected chi connectivity index (χ3v) is 4.56. The van der Waals surface area contributed by atoms with E-state index in [0.29, 0.717) is 6.54 Å². The first-order valence-corrected chi connectivity index (χ1v) is 6.89. The van der Waals surface area contributed by atoms with Crippen LogP contribution < -0.4 is 10.6 Å². The summed E-state index contributed by atoms with van der Waals surface area (Å²) in [7, 11) is 0.